The van der Waals surface area contributed by atoms with Gasteiger partial charge in [-0.25, -0.2) is 9.97 Å². The molecule has 0 saturated carbocycles. The number of hydrogen-bond acceptors (Lipinski definition) is 6. The zero-order valence-corrected chi connectivity index (χ0v) is 20.2. The van der Waals surface area contributed by atoms with Gasteiger partial charge in [0.05, 0.1) is 12.4 Å². The van der Waals surface area contributed by atoms with E-state index in [1.165, 1.54) is 44.5 Å². The zero-order valence-electron chi connectivity index (χ0n) is 20.2. The van der Waals surface area contributed by atoms with Crippen LogP contribution in [0, 0.1) is 0 Å². The molecule has 33 heavy (non-hydrogen) atoms. The topological polar surface area (TPSA) is 78.4 Å². The van der Waals surface area contributed by atoms with Gasteiger partial charge in [0, 0.05) is 18.4 Å². The number of benzene rings is 1. The van der Waals surface area contributed by atoms with Crippen LogP contribution in [0.15, 0.2) is 36.7 Å². The summed E-state index contributed by atoms with van der Waals surface area (Å²) in [6.45, 7) is 4.36. The largest absolute Gasteiger partial charge is 0.427 e. The third-order valence-electron chi connectivity index (χ3n) is 5.42. The molecule has 0 amide bonds. The van der Waals surface area contributed by atoms with Crippen LogP contribution in [0.1, 0.15) is 97.3 Å². The molecular formula is C27H38N2O4. The van der Waals surface area contributed by atoms with Gasteiger partial charge >= 0.3 is 11.9 Å². The molecule has 0 atom stereocenters. The van der Waals surface area contributed by atoms with Crippen LogP contribution in [0.5, 0.6) is 11.5 Å². The van der Waals surface area contributed by atoms with Crippen molar-refractivity contribution in [1.82, 2.24) is 9.97 Å². The van der Waals surface area contributed by atoms with Crippen LogP contribution in [0.2, 0.25) is 0 Å². The van der Waals surface area contributed by atoms with Crippen LogP contribution >= 0.6 is 0 Å². The van der Waals surface area contributed by atoms with Crippen molar-refractivity contribution >= 4 is 11.9 Å². The number of nitrogens with zero attached hydrogens (tertiary/aromatic N) is 2. The van der Waals surface area contributed by atoms with Gasteiger partial charge in [-0.3, -0.25) is 9.59 Å². The molecule has 0 aliphatic rings. The van der Waals surface area contributed by atoms with Crippen molar-refractivity contribution in [2.75, 3.05) is 0 Å². The molecule has 0 saturated heterocycles. The van der Waals surface area contributed by atoms with Gasteiger partial charge in [0.1, 0.15) is 5.75 Å². The Morgan fingerprint density at radius 3 is 1.61 bits per heavy atom. The van der Waals surface area contributed by atoms with E-state index in [1.807, 2.05) is 12.1 Å². The van der Waals surface area contributed by atoms with Crippen LogP contribution in [-0.2, 0) is 9.59 Å². The van der Waals surface area contributed by atoms with E-state index in [9.17, 15) is 9.59 Å². The average Bonchev–Trinajstić information content (AvgIpc) is 2.82. The summed E-state index contributed by atoms with van der Waals surface area (Å²) >= 11 is 0. The minimum Gasteiger partial charge on any atom is -0.427 e. The molecule has 1 aromatic carbocycles. The van der Waals surface area contributed by atoms with Gasteiger partial charge in [0.2, 0.25) is 0 Å². The molecule has 0 fully saturated rings. The lowest BCUT2D eigenvalue weighted by Crippen LogP contribution is -2.08. The number of aromatic nitrogens is 2. The van der Waals surface area contributed by atoms with Gasteiger partial charge in [-0.15, -0.1) is 0 Å². The fraction of sp³-hybridized carbons (Fsp3) is 0.556. The van der Waals surface area contributed by atoms with Gasteiger partial charge in [-0.05, 0) is 37.1 Å². The first-order valence-corrected chi connectivity index (χ1v) is 12.5. The molecule has 2 rings (SSSR count). The molecular weight excluding hydrogens is 416 g/mol. The lowest BCUT2D eigenvalue weighted by molar-refractivity contribution is -0.135. The first kappa shape index (κ1) is 26.5. The second-order valence-electron chi connectivity index (χ2n) is 8.40. The second kappa shape index (κ2) is 15.9. The lowest BCUT2D eigenvalue weighted by Gasteiger charge is -2.07. The molecule has 180 valence electrons. The minimum absolute atomic E-state index is 0.206. The number of esters is 2. The first-order valence-electron chi connectivity index (χ1n) is 12.5. The third kappa shape index (κ3) is 11.1. The van der Waals surface area contributed by atoms with E-state index < -0.39 is 0 Å². The zero-order chi connectivity index (χ0) is 23.7. The maximum atomic E-state index is 12.0. The highest BCUT2D eigenvalue weighted by Gasteiger charge is 2.09. The fourth-order valence-corrected chi connectivity index (χ4v) is 3.48. The quantitative estimate of drug-likeness (QED) is 0.153. The van der Waals surface area contributed by atoms with Crippen molar-refractivity contribution in [2.45, 2.75) is 97.3 Å². The maximum absolute atomic E-state index is 12.0. The molecule has 0 spiro atoms. The van der Waals surface area contributed by atoms with E-state index in [-0.39, 0.29) is 11.9 Å². The normalized spacial score (nSPS) is 10.7. The van der Waals surface area contributed by atoms with Crippen LogP contribution in [0.3, 0.4) is 0 Å². The Morgan fingerprint density at radius 2 is 1.09 bits per heavy atom. The van der Waals surface area contributed by atoms with E-state index in [0.717, 1.165) is 44.1 Å². The number of carbonyl (C=O) groups excluding carboxylic acids is 2. The Bertz CT molecular complexity index is 819. The van der Waals surface area contributed by atoms with Gasteiger partial charge in [0.15, 0.2) is 11.6 Å². The van der Waals surface area contributed by atoms with E-state index in [1.54, 1.807) is 12.1 Å². The standard InChI is InChI=1S/C27H38N2O4/c1-3-5-7-9-11-13-15-26(31)33-24-20-28-27(29-21-24)22-16-18-23(19-17-22)32-25(30)14-12-10-8-6-4-2/h16-21H,3-15H2,1-2H3. The summed E-state index contributed by atoms with van der Waals surface area (Å²) < 4.78 is 10.7. The van der Waals surface area contributed by atoms with Crippen molar-refractivity contribution in [1.29, 1.82) is 0 Å². The van der Waals surface area contributed by atoms with Gasteiger partial charge in [-0.2, -0.15) is 0 Å². The molecule has 0 radical (unpaired) electrons. The van der Waals surface area contributed by atoms with E-state index in [2.05, 4.69) is 23.8 Å². The average molecular weight is 455 g/mol. The van der Waals surface area contributed by atoms with E-state index >= 15 is 0 Å². The van der Waals surface area contributed by atoms with Crippen LogP contribution in [0.25, 0.3) is 11.4 Å². The molecule has 0 unspecified atom stereocenters. The Kier molecular flexibility index (Phi) is 12.8. The molecule has 0 aliphatic carbocycles. The monoisotopic (exact) mass is 454 g/mol. The molecule has 0 aliphatic heterocycles. The predicted molar refractivity (Wildman–Crippen MR) is 130 cm³/mol. The summed E-state index contributed by atoms with van der Waals surface area (Å²) in [5.74, 6) is 0.914. The van der Waals surface area contributed by atoms with E-state index in [4.69, 9.17) is 9.47 Å². The van der Waals surface area contributed by atoms with Crippen molar-refractivity contribution in [3.05, 3.63) is 36.7 Å². The smallest absolute Gasteiger partial charge is 0.311 e. The SMILES string of the molecule is CCCCCCCCC(=O)Oc1cnc(-c2ccc(OC(=O)CCCCCCC)cc2)nc1. The second-order valence-corrected chi connectivity index (χ2v) is 8.40. The fourth-order valence-electron chi connectivity index (χ4n) is 3.48. The van der Waals surface area contributed by atoms with Crippen LogP contribution in [0.4, 0.5) is 0 Å². The first-order chi connectivity index (χ1) is 16.1. The Balaban J connectivity index is 1.74. The Morgan fingerprint density at radius 1 is 0.636 bits per heavy atom. The molecule has 6 heteroatoms. The van der Waals surface area contributed by atoms with Crippen LogP contribution < -0.4 is 9.47 Å². The molecule has 6 nitrogen and oxygen atoms in total. The number of rotatable bonds is 16. The number of ether oxygens (including phenoxy) is 2. The third-order valence-corrected chi connectivity index (χ3v) is 5.42. The summed E-state index contributed by atoms with van der Waals surface area (Å²) in [4.78, 5) is 32.5. The highest BCUT2D eigenvalue weighted by molar-refractivity contribution is 5.73. The summed E-state index contributed by atoms with van der Waals surface area (Å²) in [5, 5.41) is 0. The Hall–Kier alpha value is -2.76. The highest BCUT2D eigenvalue weighted by Crippen LogP contribution is 2.21. The van der Waals surface area contributed by atoms with Crippen molar-refractivity contribution in [3.8, 4) is 22.9 Å². The summed E-state index contributed by atoms with van der Waals surface area (Å²) in [5.41, 5.74) is 0.791. The molecule has 0 bridgehead atoms. The molecule has 2 aromatic rings. The summed E-state index contributed by atoms with van der Waals surface area (Å²) in [6, 6.07) is 7.09. The van der Waals surface area contributed by atoms with Gasteiger partial charge in [0.25, 0.3) is 0 Å². The minimum atomic E-state index is -0.252. The van der Waals surface area contributed by atoms with Crippen LogP contribution in [-0.4, -0.2) is 21.9 Å². The highest BCUT2D eigenvalue weighted by atomic mass is 16.5. The molecule has 1 aromatic heterocycles. The maximum Gasteiger partial charge on any atom is 0.311 e. The van der Waals surface area contributed by atoms with Crippen molar-refractivity contribution in [2.24, 2.45) is 0 Å². The van der Waals surface area contributed by atoms with Gasteiger partial charge in [-0.1, -0.05) is 71.6 Å². The number of unbranched alkanes of at least 4 members (excludes halogenated alkanes) is 9. The number of hydrogen-bond donors (Lipinski definition) is 0. The van der Waals surface area contributed by atoms with Gasteiger partial charge < -0.3 is 9.47 Å². The summed E-state index contributed by atoms with van der Waals surface area (Å²) in [6.07, 6.45) is 16.1. The van der Waals surface area contributed by atoms with Crippen molar-refractivity contribution < 1.29 is 19.1 Å². The molecule has 0 N–H and O–H groups in total. The predicted octanol–water partition coefficient (Wildman–Crippen LogP) is 7.07. The Labute approximate surface area is 198 Å². The number of carbonyl (C=O) groups is 2. The molecule has 1 heterocycles. The van der Waals surface area contributed by atoms with Crippen molar-refractivity contribution in [3.63, 3.8) is 0 Å². The van der Waals surface area contributed by atoms with E-state index in [0.29, 0.717) is 30.2 Å². The summed E-state index contributed by atoms with van der Waals surface area (Å²) in [7, 11) is 0. The lowest BCUT2D eigenvalue weighted by atomic mass is 10.1.